The van der Waals surface area contributed by atoms with E-state index in [2.05, 4.69) is 9.88 Å². The van der Waals surface area contributed by atoms with E-state index in [1.165, 1.54) is 18.2 Å². The first kappa shape index (κ1) is 17.7. The monoisotopic (exact) mass is 369 g/mol. The maximum Gasteiger partial charge on any atom is 0.270 e. The Kier molecular flexibility index (Phi) is 4.90. The second kappa shape index (κ2) is 7.48. The number of H-pyrrole nitrogens is 1. The Bertz CT molecular complexity index is 952. The molecule has 0 bridgehead atoms. The number of carbonyl (C=O) groups is 1. The van der Waals surface area contributed by atoms with Crippen molar-refractivity contribution in [3.8, 4) is 0 Å². The van der Waals surface area contributed by atoms with Gasteiger partial charge in [0.15, 0.2) is 0 Å². The number of nitrogens with zero attached hydrogens (tertiary/aromatic N) is 2. The SMILES string of the molecule is O=C(c1cc2c(F)cccc2[nH]1)N1CCCN(Cc2ccc(F)cc2)CC1. The lowest BCUT2D eigenvalue weighted by molar-refractivity contribution is 0.0756. The predicted molar refractivity (Wildman–Crippen MR) is 100 cm³/mol. The molecule has 0 radical (unpaired) electrons. The Morgan fingerprint density at radius 2 is 1.81 bits per heavy atom. The maximum atomic E-state index is 13.9. The van der Waals surface area contributed by atoms with Gasteiger partial charge in [-0.1, -0.05) is 18.2 Å². The molecular formula is C21H21F2N3O. The van der Waals surface area contributed by atoms with Crippen LogP contribution in [0, 0.1) is 11.6 Å². The number of benzene rings is 2. The van der Waals surface area contributed by atoms with Gasteiger partial charge in [0.1, 0.15) is 17.3 Å². The van der Waals surface area contributed by atoms with Crippen molar-refractivity contribution in [3.63, 3.8) is 0 Å². The highest BCUT2D eigenvalue weighted by Crippen LogP contribution is 2.20. The number of carbonyl (C=O) groups excluding carboxylic acids is 1. The molecule has 1 N–H and O–H groups in total. The summed E-state index contributed by atoms with van der Waals surface area (Å²) < 4.78 is 26.9. The van der Waals surface area contributed by atoms with Crippen molar-refractivity contribution >= 4 is 16.8 Å². The second-order valence-corrected chi connectivity index (χ2v) is 6.93. The van der Waals surface area contributed by atoms with E-state index >= 15 is 0 Å². The van der Waals surface area contributed by atoms with Crippen LogP contribution in [0.5, 0.6) is 0 Å². The summed E-state index contributed by atoms with van der Waals surface area (Å²) in [6, 6.07) is 12.9. The van der Waals surface area contributed by atoms with Gasteiger partial charge in [0, 0.05) is 43.6 Å². The van der Waals surface area contributed by atoms with Crippen molar-refractivity contribution in [2.24, 2.45) is 0 Å². The second-order valence-electron chi connectivity index (χ2n) is 6.93. The largest absolute Gasteiger partial charge is 0.350 e. The summed E-state index contributed by atoms with van der Waals surface area (Å²) in [4.78, 5) is 20.0. The standard InChI is InChI=1S/C21H21F2N3O/c22-16-7-5-15(6-8-16)14-25-9-2-10-26(12-11-25)21(27)20-13-17-18(23)3-1-4-19(17)24-20/h1,3-8,13,24H,2,9-12,14H2. The van der Waals surface area contributed by atoms with Gasteiger partial charge in [-0.05, 0) is 42.3 Å². The van der Waals surface area contributed by atoms with Gasteiger partial charge in [-0.25, -0.2) is 8.78 Å². The number of hydrogen-bond acceptors (Lipinski definition) is 2. The van der Waals surface area contributed by atoms with E-state index in [1.807, 2.05) is 4.90 Å². The molecule has 1 aliphatic heterocycles. The predicted octanol–water partition coefficient (Wildman–Crippen LogP) is 3.79. The maximum absolute atomic E-state index is 13.9. The van der Waals surface area contributed by atoms with E-state index < -0.39 is 0 Å². The number of rotatable bonds is 3. The number of hydrogen-bond donors (Lipinski definition) is 1. The van der Waals surface area contributed by atoms with Crippen LogP contribution in [-0.4, -0.2) is 46.9 Å². The number of fused-ring (bicyclic) bond motifs is 1. The molecule has 1 amide bonds. The van der Waals surface area contributed by atoms with E-state index in [0.717, 1.165) is 31.6 Å². The van der Waals surface area contributed by atoms with Gasteiger partial charge in [-0.15, -0.1) is 0 Å². The summed E-state index contributed by atoms with van der Waals surface area (Å²) >= 11 is 0. The van der Waals surface area contributed by atoms with Gasteiger partial charge >= 0.3 is 0 Å². The van der Waals surface area contributed by atoms with Crippen molar-refractivity contribution in [1.82, 2.24) is 14.8 Å². The fourth-order valence-electron chi connectivity index (χ4n) is 3.58. The van der Waals surface area contributed by atoms with Gasteiger partial charge in [0.25, 0.3) is 5.91 Å². The van der Waals surface area contributed by atoms with Crippen LogP contribution in [0.1, 0.15) is 22.5 Å². The molecule has 140 valence electrons. The summed E-state index contributed by atoms with van der Waals surface area (Å²) in [5, 5.41) is 0.439. The van der Waals surface area contributed by atoms with Crippen molar-refractivity contribution in [1.29, 1.82) is 0 Å². The van der Waals surface area contributed by atoms with Crippen molar-refractivity contribution < 1.29 is 13.6 Å². The van der Waals surface area contributed by atoms with Crippen molar-refractivity contribution in [2.45, 2.75) is 13.0 Å². The van der Waals surface area contributed by atoms with Crippen LogP contribution in [0.25, 0.3) is 10.9 Å². The normalized spacial score (nSPS) is 15.9. The van der Waals surface area contributed by atoms with E-state index in [1.54, 1.807) is 30.3 Å². The van der Waals surface area contributed by atoms with E-state index in [4.69, 9.17) is 0 Å². The number of aromatic amines is 1. The van der Waals surface area contributed by atoms with Crippen molar-refractivity contribution in [2.75, 3.05) is 26.2 Å². The quantitative estimate of drug-likeness (QED) is 0.763. The van der Waals surface area contributed by atoms with E-state index in [9.17, 15) is 13.6 Å². The molecule has 6 heteroatoms. The molecule has 2 aromatic carbocycles. The molecule has 27 heavy (non-hydrogen) atoms. The van der Waals surface area contributed by atoms with Gasteiger partial charge in [0.2, 0.25) is 0 Å². The summed E-state index contributed by atoms with van der Waals surface area (Å²) in [5.74, 6) is -0.667. The zero-order chi connectivity index (χ0) is 18.8. The molecule has 0 unspecified atom stereocenters. The fraction of sp³-hybridized carbons (Fsp3) is 0.286. The summed E-state index contributed by atoms with van der Waals surface area (Å²) in [6.07, 6.45) is 0.863. The Labute approximate surface area is 156 Å². The number of halogens is 2. The van der Waals surface area contributed by atoms with Gasteiger partial charge in [-0.2, -0.15) is 0 Å². The van der Waals surface area contributed by atoms with Gasteiger partial charge in [0.05, 0.1) is 0 Å². The molecule has 1 aliphatic rings. The number of aromatic nitrogens is 1. The first-order chi connectivity index (χ1) is 13.1. The topological polar surface area (TPSA) is 39.3 Å². The molecule has 1 aromatic heterocycles. The van der Waals surface area contributed by atoms with E-state index in [0.29, 0.717) is 29.7 Å². The molecule has 2 heterocycles. The molecular weight excluding hydrogens is 348 g/mol. The summed E-state index contributed by atoms with van der Waals surface area (Å²) in [5.41, 5.74) is 2.11. The summed E-state index contributed by atoms with van der Waals surface area (Å²) in [6.45, 7) is 3.63. The lowest BCUT2D eigenvalue weighted by Crippen LogP contribution is -2.35. The third-order valence-electron chi connectivity index (χ3n) is 5.04. The fourth-order valence-corrected chi connectivity index (χ4v) is 3.58. The third kappa shape index (κ3) is 3.85. The van der Waals surface area contributed by atoms with Crippen LogP contribution in [0.3, 0.4) is 0 Å². The average Bonchev–Trinajstić information content (AvgIpc) is 2.98. The highest BCUT2D eigenvalue weighted by atomic mass is 19.1. The smallest absolute Gasteiger partial charge is 0.270 e. The number of nitrogens with one attached hydrogen (secondary N) is 1. The molecule has 0 aliphatic carbocycles. The average molecular weight is 369 g/mol. The minimum absolute atomic E-state index is 0.103. The molecule has 1 saturated heterocycles. The Balaban J connectivity index is 1.43. The van der Waals surface area contributed by atoms with Crippen LogP contribution in [0.15, 0.2) is 48.5 Å². The van der Waals surface area contributed by atoms with Gasteiger partial charge in [-0.3, -0.25) is 9.69 Å². The lowest BCUT2D eigenvalue weighted by atomic mass is 10.2. The highest BCUT2D eigenvalue weighted by molar-refractivity contribution is 5.98. The van der Waals surface area contributed by atoms with E-state index in [-0.39, 0.29) is 17.5 Å². The van der Waals surface area contributed by atoms with Crippen LogP contribution in [0.2, 0.25) is 0 Å². The lowest BCUT2D eigenvalue weighted by Gasteiger charge is -2.21. The van der Waals surface area contributed by atoms with Gasteiger partial charge < -0.3 is 9.88 Å². The minimum Gasteiger partial charge on any atom is -0.350 e. The Morgan fingerprint density at radius 3 is 2.59 bits per heavy atom. The molecule has 1 fully saturated rings. The van der Waals surface area contributed by atoms with Crippen LogP contribution in [0.4, 0.5) is 8.78 Å². The van der Waals surface area contributed by atoms with Crippen molar-refractivity contribution in [3.05, 3.63) is 71.4 Å². The van der Waals surface area contributed by atoms with Crippen LogP contribution in [-0.2, 0) is 6.54 Å². The molecule has 0 saturated carbocycles. The summed E-state index contributed by atoms with van der Waals surface area (Å²) in [7, 11) is 0. The molecule has 0 atom stereocenters. The highest BCUT2D eigenvalue weighted by Gasteiger charge is 2.22. The van der Waals surface area contributed by atoms with Crippen LogP contribution >= 0.6 is 0 Å². The third-order valence-corrected chi connectivity index (χ3v) is 5.04. The number of amides is 1. The Hall–Kier alpha value is -2.73. The zero-order valence-corrected chi connectivity index (χ0v) is 14.9. The Morgan fingerprint density at radius 1 is 1.00 bits per heavy atom. The first-order valence-corrected chi connectivity index (χ1v) is 9.13. The minimum atomic E-state index is -0.330. The molecule has 3 aromatic rings. The zero-order valence-electron chi connectivity index (χ0n) is 14.9. The first-order valence-electron chi connectivity index (χ1n) is 9.13. The molecule has 4 rings (SSSR count). The molecule has 0 spiro atoms. The van der Waals surface area contributed by atoms with Crippen LogP contribution < -0.4 is 0 Å². The molecule has 4 nitrogen and oxygen atoms in total.